The number of benzene rings is 1. The van der Waals surface area contributed by atoms with Gasteiger partial charge in [0.1, 0.15) is 6.26 Å². The molecule has 2 N–H and O–H groups in total. The van der Waals surface area contributed by atoms with Crippen molar-refractivity contribution in [2.24, 2.45) is 0 Å². The second-order valence-corrected chi connectivity index (χ2v) is 3.87. The van der Waals surface area contributed by atoms with E-state index in [1.54, 1.807) is 18.0 Å². The molecular weight excluding hydrogens is 216 g/mol. The molecule has 0 radical (unpaired) electrons. The lowest BCUT2D eigenvalue weighted by molar-refractivity contribution is 0.0784. The monoisotopic (exact) mass is 230 g/mol. The highest BCUT2D eigenvalue weighted by Crippen LogP contribution is 2.14. The number of hydrogen-bond donors (Lipinski definition) is 1. The number of nitrogens with two attached hydrogens (primary N) is 1. The molecule has 0 atom stereocenters. The molecule has 1 heterocycles. The first kappa shape index (κ1) is 11.3. The van der Waals surface area contributed by atoms with Gasteiger partial charge in [-0.05, 0) is 17.7 Å². The highest BCUT2D eigenvalue weighted by Gasteiger charge is 2.13. The summed E-state index contributed by atoms with van der Waals surface area (Å²) in [4.78, 5) is 13.6. The van der Waals surface area contributed by atoms with Gasteiger partial charge in [-0.2, -0.15) is 0 Å². The predicted molar refractivity (Wildman–Crippen MR) is 65.4 cm³/mol. The maximum atomic E-state index is 11.9. The number of para-hydroxylation sites is 1. The predicted octanol–water partition coefficient (Wildman–Crippen LogP) is 2.13. The van der Waals surface area contributed by atoms with Crippen LogP contribution in [0.2, 0.25) is 0 Å². The first-order valence-corrected chi connectivity index (χ1v) is 5.29. The third kappa shape index (κ3) is 2.47. The normalized spacial score (nSPS) is 10.2. The van der Waals surface area contributed by atoms with Gasteiger partial charge in [0.15, 0.2) is 0 Å². The van der Waals surface area contributed by atoms with Crippen LogP contribution in [0.3, 0.4) is 0 Å². The van der Waals surface area contributed by atoms with Gasteiger partial charge in [0, 0.05) is 19.3 Å². The van der Waals surface area contributed by atoms with Crippen LogP contribution < -0.4 is 5.73 Å². The van der Waals surface area contributed by atoms with E-state index in [0.29, 0.717) is 17.8 Å². The molecule has 0 aliphatic heterocycles. The number of carbonyl (C=O) groups is 1. The van der Waals surface area contributed by atoms with Gasteiger partial charge in [-0.3, -0.25) is 4.79 Å². The molecule has 17 heavy (non-hydrogen) atoms. The first-order valence-electron chi connectivity index (χ1n) is 5.29. The van der Waals surface area contributed by atoms with Crippen LogP contribution in [0.15, 0.2) is 47.3 Å². The zero-order chi connectivity index (χ0) is 12.3. The Bertz CT molecular complexity index is 506. The molecule has 1 aromatic heterocycles. The topological polar surface area (TPSA) is 59.5 Å². The fourth-order valence-corrected chi connectivity index (χ4v) is 1.61. The van der Waals surface area contributed by atoms with Gasteiger partial charge in [0.2, 0.25) is 0 Å². The number of furan rings is 1. The van der Waals surface area contributed by atoms with E-state index in [1.807, 2.05) is 24.3 Å². The third-order valence-corrected chi connectivity index (χ3v) is 2.58. The highest BCUT2D eigenvalue weighted by atomic mass is 16.3. The van der Waals surface area contributed by atoms with Crippen LogP contribution >= 0.6 is 0 Å². The van der Waals surface area contributed by atoms with Crippen molar-refractivity contribution < 1.29 is 9.21 Å². The summed E-state index contributed by atoms with van der Waals surface area (Å²) in [6.45, 7) is 0.483. The van der Waals surface area contributed by atoms with E-state index in [9.17, 15) is 4.79 Å². The van der Waals surface area contributed by atoms with Gasteiger partial charge >= 0.3 is 0 Å². The van der Waals surface area contributed by atoms with E-state index in [1.165, 1.54) is 12.5 Å². The van der Waals surface area contributed by atoms with E-state index in [-0.39, 0.29) is 5.91 Å². The van der Waals surface area contributed by atoms with E-state index in [2.05, 4.69) is 0 Å². The number of rotatable bonds is 3. The Morgan fingerprint density at radius 2 is 2.12 bits per heavy atom. The Morgan fingerprint density at radius 3 is 2.76 bits per heavy atom. The van der Waals surface area contributed by atoms with Gasteiger partial charge in [0.25, 0.3) is 5.91 Å². The fraction of sp³-hybridized carbons (Fsp3) is 0.154. The number of anilines is 1. The molecule has 0 fully saturated rings. The Hall–Kier alpha value is -2.23. The molecule has 2 aromatic rings. The Morgan fingerprint density at radius 1 is 1.35 bits per heavy atom. The van der Waals surface area contributed by atoms with Crippen molar-refractivity contribution in [1.29, 1.82) is 0 Å². The van der Waals surface area contributed by atoms with Crippen LogP contribution in [0, 0.1) is 0 Å². The fourth-order valence-electron chi connectivity index (χ4n) is 1.61. The lowest BCUT2D eigenvalue weighted by atomic mass is 10.1. The molecule has 4 nitrogen and oxygen atoms in total. The summed E-state index contributed by atoms with van der Waals surface area (Å²) in [5.41, 5.74) is 8.01. The Balaban J connectivity index is 2.10. The molecule has 1 amide bonds. The van der Waals surface area contributed by atoms with Crippen LogP contribution in [0.5, 0.6) is 0 Å². The second-order valence-electron chi connectivity index (χ2n) is 3.87. The summed E-state index contributed by atoms with van der Waals surface area (Å²) in [6, 6.07) is 9.16. The number of carbonyl (C=O) groups excluding carboxylic acids is 1. The molecule has 0 spiro atoms. The average molecular weight is 230 g/mol. The minimum absolute atomic E-state index is 0.0815. The van der Waals surface area contributed by atoms with Crippen molar-refractivity contribution in [2.45, 2.75) is 6.54 Å². The van der Waals surface area contributed by atoms with Crippen LogP contribution in [0.4, 0.5) is 5.69 Å². The minimum Gasteiger partial charge on any atom is -0.472 e. The van der Waals surface area contributed by atoms with Gasteiger partial charge in [-0.1, -0.05) is 18.2 Å². The van der Waals surface area contributed by atoms with E-state index >= 15 is 0 Å². The number of nitrogen functional groups attached to an aromatic ring is 1. The second kappa shape index (κ2) is 4.74. The molecule has 0 saturated heterocycles. The average Bonchev–Trinajstić information content (AvgIpc) is 2.84. The van der Waals surface area contributed by atoms with Crippen LogP contribution in [0.1, 0.15) is 15.9 Å². The quantitative estimate of drug-likeness (QED) is 0.822. The van der Waals surface area contributed by atoms with Crippen LogP contribution in [0.25, 0.3) is 0 Å². The summed E-state index contributed by atoms with van der Waals surface area (Å²) in [7, 11) is 1.74. The third-order valence-electron chi connectivity index (χ3n) is 2.58. The largest absolute Gasteiger partial charge is 0.472 e. The van der Waals surface area contributed by atoms with Crippen LogP contribution in [-0.4, -0.2) is 17.9 Å². The zero-order valence-corrected chi connectivity index (χ0v) is 9.59. The number of nitrogens with zero attached hydrogens (tertiary/aromatic N) is 1. The van der Waals surface area contributed by atoms with Gasteiger partial charge in [-0.15, -0.1) is 0 Å². The van der Waals surface area contributed by atoms with Crippen molar-refractivity contribution in [1.82, 2.24) is 4.90 Å². The first-order chi connectivity index (χ1) is 8.18. The zero-order valence-electron chi connectivity index (χ0n) is 9.59. The van der Waals surface area contributed by atoms with E-state index in [0.717, 1.165) is 5.56 Å². The van der Waals surface area contributed by atoms with Crippen molar-refractivity contribution in [3.05, 3.63) is 54.0 Å². The summed E-state index contributed by atoms with van der Waals surface area (Å²) in [5, 5.41) is 0. The number of amides is 1. The molecule has 0 aliphatic carbocycles. The van der Waals surface area contributed by atoms with Crippen molar-refractivity contribution in [2.75, 3.05) is 12.8 Å². The van der Waals surface area contributed by atoms with Gasteiger partial charge < -0.3 is 15.1 Å². The highest BCUT2D eigenvalue weighted by molar-refractivity contribution is 5.93. The molecule has 0 saturated carbocycles. The molecule has 4 heteroatoms. The molecular formula is C13H14N2O2. The Labute approximate surface area is 99.6 Å². The maximum absolute atomic E-state index is 11.9. The summed E-state index contributed by atoms with van der Waals surface area (Å²) in [5.74, 6) is -0.0815. The lowest BCUT2D eigenvalue weighted by Gasteiger charge is -2.17. The molecule has 0 unspecified atom stereocenters. The van der Waals surface area contributed by atoms with Crippen molar-refractivity contribution in [3.63, 3.8) is 0 Å². The van der Waals surface area contributed by atoms with Crippen LogP contribution in [-0.2, 0) is 6.54 Å². The maximum Gasteiger partial charge on any atom is 0.257 e. The van der Waals surface area contributed by atoms with Gasteiger partial charge in [-0.25, -0.2) is 0 Å². The summed E-state index contributed by atoms with van der Waals surface area (Å²) < 4.78 is 4.89. The molecule has 0 bridgehead atoms. The summed E-state index contributed by atoms with van der Waals surface area (Å²) >= 11 is 0. The molecule has 88 valence electrons. The smallest absolute Gasteiger partial charge is 0.257 e. The molecule has 1 aromatic carbocycles. The molecule has 0 aliphatic rings. The van der Waals surface area contributed by atoms with Crippen molar-refractivity contribution in [3.8, 4) is 0 Å². The molecule has 2 rings (SSSR count). The SMILES string of the molecule is CN(Cc1ccccc1N)C(=O)c1ccoc1. The standard InChI is InChI=1S/C13H14N2O2/c1-15(13(16)11-6-7-17-9-11)8-10-4-2-3-5-12(10)14/h2-7,9H,8,14H2,1H3. The van der Waals surface area contributed by atoms with Gasteiger partial charge in [0.05, 0.1) is 11.8 Å². The lowest BCUT2D eigenvalue weighted by Crippen LogP contribution is -2.26. The number of hydrogen-bond acceptors (Lipinski definition) is 3. The van der Waals surface area contributed by atoms with E-state index in [4.69, 9.17) is 10.2 Å². The Kier molecular flexibility index (Phi) is 3.14. The van der Waals surface area contributed by atoms with E-state index < -0.39 is 0 Å². The minimum atomic E-state index is -0.0815. The summed E-state index contributed by atoms with van der Waals surface area (Å²) in [6.07, 6.45) is 2.92. The van der Waals surface area contributed by atoms with Crippen molar-refractivity contribution >= 4 is 11.6 Å².